The van der Waals surface area contributed by atoms with Crippen LogP contribution < -0.4 is 9.39 Å². The fourth-order valence-corrected chi connectivity index (χ4v) is 3.22. The van der Waals surface area contributed by atoms with Crippen LogP contribution >= 0.6 is 0 Å². The number of aryl methyl sites for hydroxylation is 1. The van der Waals surface area contributed by atoms with Gasteiger partial charge < -0.3 is 24.4 Å². The summed E-state index contributed by atoms with van der Waals surface area (Å²) in [6, 6.07) is 12.3. The van der Waals surface area contributed by atoms with Crippen LogP contribution in [0.1, 0.15) is 11.1 Å². The Morgan fingerprint density at radius 3 is 2.77 bits per heavy atom. The van der Waals surface area contributed by atoms with E-state index in [1.165, 1.54) is 0 Å². The predicted molar refractivity (Wildman–Crippen MR) is 96.4 cm³/mol. The zero-order valence-electron chi connectivity index (χ0n) is 14.3. The van der Waals surface area contributed by atoms with Gasteiger partial charge in [-0.25, -0.2) is 0 Å². The van der Waals surface area contributed by atoms with Crippen LogP contribution in [0.4, 0.5) is 0 Å². The van der Waals surface area contributed by atoms with Gasteiger partial charge in [0.05, 0.1) is 19.5 Å². The highest BCUT2D eigenvalue weighted by Gasteiger charge is 2.32. The minimum absolute atomic E-state index is 0.0367. The summed E-state index contributed by atoms with van der Waals surface area (Å²) < 4.78 is 11.3. The number of phenols is 1. The summed E-state index contributed by atoms with van der Waals surface area (Å²) in [7, 11) is -0.755. The minimum Gasteiger partial charge on any atom is -0.536 e. The summed E-state index contributed by atoms with van der Waals surface area (Å²) in [6.07, 6.45) is 1.68. The zero-order valence-corrected chi connectivity index (χ0v) is 14.3. The third kappa shape index (κ3) is 3.62. The molecule has 0 aliphatic carbocycles. The average Bonchev–Trinajstić information content (AvgIpc) is 2.59. The number of amides is 1. The Kier molecular flexibility index (Phi) is 4.47. The number of likely N-dealkylation sites (tertiary alicyclic amines) is 1. The monoisotopic (exact) mass is 353 g/mol. The second-order valence-electron chi connectivity index (χ2n) is 6.76. The van der Waals surface area contributed by atoms with E-state index in [9.17, 15) is 14.9 Å². The molecule has 7 heteroatoms. The van der Waals surface area contributed by atoms with Crippen LogP contribution in [0.3, 0.4) is 0 Å². The van der Waals surface area contributed by atoms with Gasteiger partial charge in [-0.2, -0.15) is 0 Å². The second kappa shape index (κ2) is 6.92. The molecule has 26 heavy (non-hydrogen) atoms. The molecule has 4 rings (SSSR count). The van der Waals surface area contributed by atoms with Crippen molar-refractivity contribution in [3.05, 3.63) is 53.6 Å². The molecule has 0 spiro atoms. The van der Waals surface area contributed by atoms with Crippen molar-refractivity contribution < 1.29 is 24.3 Å². The first-order valence-corrected chi connectivity index (χ1v) is 8.77. The molecule has 0 unspecified atom stereocenters. The summed E-state index contributed by atoms with van der Waals surface area (Å²) in [5.74, 6) is 1.60. The number of carbonyl (C=O) groups is 1. The van der Waals surface area contributed by atoms with E-state index < -0.39 is 7.12 Å². The third-order valence-electron chi connectivity index (χ3n) is 4.76. The number of benzene rings is 2. The number of hydrogen-bond acceptors (Lipinski definition) is 5. The van der Waals surface area contributed by atoms with Crippen LogP contribution in [0.5, 0.6) is 17.2 Å². The lowest BCUT2D eigenvalue weighted by atomic mass is 9.79. The van der Waals surface area contributed by atoms with Crippen molar-refractivity contribution in [2.75, 3.05) is 13.1 Å². The van der Waals surface area contributed by atoms with Crippen molar-refractivity contribution >= 4 is 13.0 Å². The van der Waals surface area contributed by atoms with Gasteiger partial charge in [0.25, 0.3) is 0 Å². The Morgan fingerprint density at radius 1 is 1.23 bits per heavy atom. The topological polar surface area (TPSA) is 79.2 Å². The Hall–Kier alpha value is -2.67. The lowest BCUT2D eigenvalue weighted by Crippen LogP contribution is -2.56. The summed E-state index contributed by atoms with van der Waals surface area (Å²) in [4.78, 5) is 14.0. The fraction of sp³-hybridized carbons (Fsp3) is 0.316. The predicted octanol–water partition coefficient (Wildman–Crippen LogP) is 1.64. The van der Waals surface area contributed by atoms with Crippen molar-refractivity contribution in [1.29, 1.82) is 0 Å². The summed E-state index contributed by atoms with van der Waals surface area (Å²) >= 11 is 0. The molecule has 6 nitrogen and oxygen atoms in total. The van der Waals surface area contributed by atoms with Crippen molar-refractivity contribution in [1.82, 2.24) is 4.90 Å². The Morgan fingerprint density at radius 2 is 2.00 bits per heavy atom. The van der Waals surface area contributed by atoms with Crippen molar-refractivity contribution in [2.45, 2.75) is 25.3 Å². The van der Waals surface area contributed by atoms with Crippen molar-refractivity contribution in [2.24, 2.45) is 0 Å². The number of fused-ring (bicyclic) bond motifs is 1. The van der Waals surface area contributed by atoms with Crippen LogP contribution in [0.15, 0.2) is 42.5 Å². The molecule has 1 amide bonds. The number of hydrogen-bond donors (Lipinski definition) is 2. The molecule has 2 heterocycles. The highest BCUT2D eigenvalue weighted by atomic mass is 16.5. The number of ether oxygens (including phenoxy) is 1. The number of aromatic hydroxyl groups is 1. The first-order chi connectivity index (χ1) is 12.6. The molecule has 0 saturated carbocycles. The molecule has 134 valence electrons. The fourth-order valence-electron chi connectivity index (χ4n) is 3.22. The molecule has 2 aliphatic rings. The molecular weight excluding hydrogens is 333 g/mol. The van der Waals surface area contributed by atoms with Gasteiger partial charge in [-0.05, 0) is 42.1 Å². The second-order valence-corrected chi connectivity index (χ2v) is 6.76. The number of phenolic OH excluding ortho intramolecular Hbond substituents is 1. The van der Waals surface area contributed by atoms with E-state index >= 15 is 0 Å². The van der Waals surface area contributed by atoms with E-state index in [1.54, 1.807) is 35.2 Å². The van der Waals surface area contributed by atoms with E-state index in [-0.39, 0.29) is 17.8 Å². The molecular formula is C19H20BNO5. The molecule has 2 N–H and O–H groups in total. The third-order valence-corrected chi connectivity index (χ3v) is 4.76. The summed E-state index contributed by atoms with van der Waals surface area (Å²) in [5, 5.41) is 18.9. The summed E-state index contributed by atoms with van der Waals surface area (Å²) in [6.45, 7) is 1.11. The van der Waals surface area contributed by atoms with Gasteiger partial charge in [-0.3, -0.25) is 4.79 Å². The van der Waals surface area contributed by atoms with Crippen LogP contribution in [0.2, 0.25) is 6.32 Å². The van der Waals surface area contributed by atoms with Gasteiger partial charge in [-0.1, -0.05) is 18.2 Å². The molecule has 2 aromatic carbocycles. The first kappa shape index (κ1) is 16.8. The molecule has 1 saturated heterocycles. The maximum absolute atomic E-state index is 12.3. The van der Waals surface area contributed by atoms with Gasteiger partial charge in [0.2, 0.25) is 5.91 Å². The van der Waals surface area contributed by atoms with E-state index in [2.05, 4.69) is 0 Å². The largest absolute Gasteiger partial charge is 0.536 e. The van der Waals surface area contributed by atoms with Gasteiger partial charge in [0.1, 0.15) is 23.4 Å². The molecule has 2 aliphatic heterocycles. The summed E-state index contributed by atoms with van der Waals surface area (Å²) in [5.41, 5.74) is 1.95. The van der Waals surface area contributed by atoms with E-state index in [0.29, 0.717) is 37.3 Å². The van der Waals surface area contributed by atoms with Crippen molar-refractivity contribution in [3.63, 3.8) is 0 Å². The zero-order chi connectivity index (χ0) is 18.1. The average molecular weight is 353 g/mol. The normalized spacial score (nSPS) is 16.5. The Balaban J connectivity index is 1.29. The number of nitrogens with zero attached hydrogens (tertiary/aromatic N) is 1. The molecule has 1 fully saturated rings. The Bertz CT molecular complexity index is 804. The Labute approximate surface area is 152 Å². The molecule has 0 radical (unpaired) electrons. The van der Waals surface area contributed by atoms with E-state index in [0.717, 1.165) is 17.5 Å². The molecule has 0 atom stereocenters. The molecule has 2 aromatic rings. The lowest BCUT2D eigenvalue weighted by molar-refractivity contribution is -0.139. The van der Waals surface area contributed by atoms with Gasteiger partial charge in [0, 0.05) is 6.07 Å². The lowest BCUT2D eigenvalue weighted by Gasteiger charge is -2.39. The quantitative estimate of drug-likeness (QED) is 0.817. The highest BCUT2D eigenvalue weighted by Crippen LogP contribution is 2.31. The van der Waals surface area contributed by atoms with Gasteiger partial charge in [-0.15, -0.1) is 0 Å². The number of carbonyl (C=O) groups excluding carboxylic acids is 1. The van der Waals surface area contributed by atoms with E-state index in [4.69, 9.17) is 9.39 Å². The van der Waals surface area contributed by atoms with Crippen molar-refractivity contribution in [3.8, 4) is 17.2 Å². The van der Waals surface area contributed by atoms with Crippen LogP contribution in [0.25, 0.3) is 0 Å². The standard InChI is InChI=1S/C19H20BNO5/c22-15-4-1-13(2-5-15)9-19(23)21-11-17(12-21)25-16-6-3-14-7-8-20(24)26-18(14)10-16/h1-6,10,17,22,24H,7-9,11-12H2. The number of rotatable bonds is 4. The minimum atomic E-state index is -0.755. The van der Waals surface area contributed by atoms with Crippen LogP contribution in [-0.2, 0) is 17.6 Å². The maximum atomic E-state index is 12.3. The smallest absolute Gasteiger partial charge is 0.522 e. The van der Waals surface area contributed by atoms with Crippen LogP contribution in [0, 0.1) is 0 Å². The van der Waals surface area contributed by atoms with Crippen LogP contribution in [-0.4, -0.2) is 47.2 Å². The van der Waals surface area contributed by atoms with Gasteiger partial charge >= 0.3 is 7.12 Å². The highest BCUT2D eigenvalue weighted by molar-refractivity contribution is 6.44. The van der Waals surface area contributed by atoms with Gasteiger partial charge in [0.15, 0.2) is 0 Å². The van der Waals surface area contributed by atoms with E-state index in [1.807, 2.05) is 12.1 Å². The maximum Gasteiger partial charge on any atom is 0.522 e. The SMILES string of the molecule is O=C(Cc1ccc(O)cc1)N1CC(Oc2ccc3c(c2)OB(O)CC3)C1. The first-order valence-electron chi connectivity index (χ1n) is 8.77. The molecule has 0 aromatic heterocycles. The molecule has 0 bridgehead atoms.